The average Bonchev–Trinajstić information content (AvgIpc) is 2.82. The predicted molar refractivity (Wildman–Crippen MR) is 68.1 cm³/mol. The number of anilines is 1. The molecule has 0 bridgehead atoms. The highest BCUT2D eigenvalue weighted by molar-refractivity contribution is 6.33. The minimum absolute atomic E-state index is 0.0770. The summed E-state index contributed by atoms with van der Waals surface area (Å²) in [7, 11) is 0. The van der Waals surface area contributed by atoms with Gasteiger partial charge in [0, 0.05) is 12.2 Å². The third-order valence-electron chi connectivity index (χ3n) is 2.95. The molecule has 0 radical (unpaired) electrons. The summed E-state index contributed by atoms with van der Waals surface area (Å²) in [6.45, 7) is 0.329. The summed E-state index contributed by atoms with van der Waals surface area (Å²) in [5, 5.41) is 6.49. The summed E-state index contributed by atoms with van der Waals surface area (Å²) in [5.74, 6) is -0.0770. The lowest BCUT2D eigenvalue weighted by atomic mass is 10.2. The normalized spacial score (nSPS) is 16.1. The molecule has 0 spiro atoms. The molecule has 1 heterocycles. The maximum absolute atomic E-state index is 11.7. The second-order valence-corrected chi connectivity index (χ2v) is 4.67. The van der Waals surface area contributed by atoms with E-state index >= 15 is 0 Å². The van der Waals surface area contributed by atoms with E-state index in [0.29, 0.717) is 23.3 Å². The number of halogens is 1. The molecule has 92 valence electrons. The minimum atomic E-state index is -0.0770. The van der Waals surface area contributed by atoms with Crippen molar-refractivity contribution >= 4 is 23.2 Å². The van der Waals surface area contributed by atoms with Gasteiger partial charge in [-0.25, -0.2) is 0 Å². The number of rotatable bonds is 4. The van der Waals surface area contributed by atoms with Gasteiger partial charge in [0.15, 0.2) is 0 Å². The van der Waals surface area contributed by atoms with Crippen LogP contribution in [0.5, 0.6) is 0 Å². The van der Waals surface area contributed by atoms with Gasteiger partial charge in [0.25, 0.3) is 0 Å². The van der Waals surface area contributed by atoms with E-state index in [0.717, 1.165) is 0 Å². The van der Waals surface area contributed by atoms with Gasteiger partial charge in [0.2, 0.25) is 5.91 Å². The van der Waals surface area contributed by atoms with Gasteiger partial charge in [-0.15, -0.1) is 0 Å². The smallest absolute Gasteiger partial charge is 0.238 e. The van der Waals surface area contributed by atoms with Crippen molar-refractivity contribution in [2.75, 3.05) is 11.9 Å². The Balaban J connectivity index is 1.79. The van der Waals surface area contributed by atoms with Gasteiger partial charge in [0.05, 0.1) is 23.5 Å². The van der Waals surface area contributed by atoms with Gasteiger partial charge in [0.1, 0.15) is 0 Å². The first-order valence-electron chi connectivity index (χ1n) is 5.88. The molecular weight excluding hydrogens is 238 g/mol. The Morgan fingerprint density at radius 1 is 1.47 bits per heavy atom. The van der Waals surface area contributed by atoms with Crippen molar-refractivity contribution in [2.45, 2.75) is 31.7 Å². The molecule has 1 aromatic rings. The monoisotopic (exact) mass is 253 g/mol. The van der Waals surface area contributed by atoms with Crippen LogP contribution in [0.15, 0.2) is 18.5 Å². The van der Waals surface area contributed by atoms with Crippen LogP contribution in [-0.2, 0) is 4.79 Å². The van der Waals surface area contributed by atoms with Crippen LogP contribution in [0.4, 0.5) is 5.69 Å². The summed E-state index contributed by atoms with van der Waals surface area (Å²) in [4.78, 5) is 15.6. The molecule has 0 atom stereocenters. The van der Waals surface area contributed by atoms with Crippen molar-refractivity contribution in [1.29, 1.82) is 0 Å². The van der Waals surface area contributed by atoms with E-state index in [9.17, 15) is 4.79 Å². The first-order chi connectivity index (χ1) is 8.25. The second kappa shape index (κ2) is 5.98. The Labute approximate surface area is 106 Å². The standard InChI is InChI=1S/C12H16ClN3O/c13-10-5-6-14-7-11(10)16-12(17)8-15-9-3-1-2-4-9/h5-7,9,15H,1-4,8H2,(H,16,17). The lowest BCUT2D eigenvalue weighted by molar-refractivity contribution is -0.115. The number of hydrogen-bond acceptors (Lipinski definition) is 3. The molecule has 1 aliphatic rings. The fraction of sp³-hybridized carbons (Fsp3) is 0.500. The number of carbonyl (C=O) groups is 1. The highest BCUT2D eigenvalue weighted by Gasteiger charge is 2.15. The van der Waals surface area contributed by atoms with Crippen LogP contribution in [-0.4, -0.2) is 23.5 Å². The molecule has 1 amide bonds. The van der Waals surface area contributed by atoms with E-state index in [1.54, 1.807) is 18.5 Å². The lowest BCUT2D eigenvalue weighted by Crippen LogP contribution is -2.34. The Bertz CT molecular complexity index is 391. The van der Waals surface area contributed by atoms with Crippen LogP contribution in [0.3, 0.4) is 0 Å². The Morgan fingerprint density at radius 3 is 2.94 bits per heavy atom. The van der Waals surface area contributed by atoms with E-state index in [1.807, 2.05) is 0 Å². The van der Waals surface area contributed by atoms with E-state index in [-0.39, 0.29) is 5.91 Å². The molecule has 4 nitrogen and oxygen atoms in total. The highest BCUT2D eigenvalue weighted by Crippen LogP contribution is 2.19. The third kappa shape index (κ3) is 3.68. The lowest BCUT2D eigenvalue weighted by Gasteiger charge is -2.12. The molecule has 1 aromatic heterocycles. The maximum atomic E-state index is 11.7. The van der Waals surface area contributed by atoms with Gasteiger partial charge >= 0.3 is 0 Å². The Morgan fingerprint density at radius 2 is 2.24 bits per heavy atom. The maximum Gasteiger partial charge on any atom is 0.238 e. The number of carbonyl (C=O) groups excluding carboxylic acids is 1. The van der Waals surface area contributed by atoms with Crippen molar-refractivity contribution in [1.82, 2.24) is 10.3 Å². The Hall–Kier alpha value is -1.13. The summed E-state index contributed by atoms with van der Waals surface area (Å²) < 4.78 is 0. The number of aromatic nitrogens is 1. The molecule has 1 aliphatic carbocycles. The molecule has 0 aliphatic heterocycles. The first-order valence-corrected chi connectivity index (χ1v) is 6.26. The molecule has 1 fully saturated rings. The van der Waals surface area contributed by atoms with Crippen molar-refractivity contribution in [2.24, 2.45) is 0 Å². The summed E-state index contributed by atoms with van der Waals surface area (Å²) >= 11 is 5.92. The van der Waals surface area contributed by atoms with E-state index in [1.165, 1.54) is 25.7 Å². The van der Waals surface area contributed by atoms with Crippen LogP contribution in [0.2, 0.25) is 5.02 Å². The van der Waals surface area contributed by atoms with Gasteiger partial charge in [-0.05, 0) is 18.9 Å². The first kappa shape index (κ1) is 12.3. The number of hydrogen-bond donors (Lipinski definition) is 2. The number of nitrogens with zero attached hydrogens (tertiary/aromatic N) is 1. The molecule has 2 rings (SSSR count). The van der Waals surface area contributed by atoms with Crippen LogP contribution in [0.1, 0.15) is 25.7 Å². The zero-order valence-corrected chi connectivity index (χ0v) is 10.3. The third-order valence-corrected chi connectivity index (χ3v) is 3.28. The molecule has 0 aromatic carbocycles. The van der Waals surface area contributed by atoms with Crippen molar-refractivity contribution < 1.29 is 4.79 Å². The van der Waals surface area contributed by atoms with Crippen LogP contribution in [0, 0.1) is 0 Å². The quantitative estimate of drug-likeness (QED) is 0.865. The highest BCUT2D eigenvalue weighted by atomic mass is 35.5. The minimum Gasteiger partial charge on any atom is -0.322 e. The molecule has 0 unspecified atom stereocenters. The number of pyridine rings is 1. The fourth-order valence-electron chi connectivity index (χ4n) is 2.03. The second-order valence-electron chi connectivity index (χ2n) is 4.27. The van der Waals surface area contributed by atoms with Crippen molar-refractivity contribution in [3.05, 3.63) is 23.5 Å². The van der Waals surface area contributed by atoms with E-state index < -0.39 is 0 Å². The van der Waals surface area contributed by atoms with Crippen molar-refractivity contribution in [3.8, 4) is 0 Å². The SMILES string of the molecule is O=C(CNC1CCCC1)Nc1cnccc1Cl. The summed E-state index contributed by atoms with van der Waals surface area (Å²) in [6.07, 6.45) is 7.99. The van der Waals surface area contributed by atoms with Crippen molar-refractivity contribution in [3.63, 3.8) is 0 Å². The molecular formula is C12H16ClN3O. The fourth-order valence-corrected chi connectivity index (χ4v) is 2.18. The summed E-state index contributed by atoms with van der Waals surface area (Å²) in [5.41, 5.74) is 0.562. The van der Waals surface area contributed by atoms with Gasteiger partial charge < -0.3 is 10.6 Å². The topological polar surface area (TPSA) is 54.0 Å². The van der Waals surface area contributed by atoms with Crippen LogP contribution < -0.4 is 10.6 Å². The number of nitrogens with one attached hydrogen (secondary N) is 2. The average molecular weight is 254 g/mol. The Kier molecular flexibility index (Phi) is 4.34. The molecule has 0 saturated heterocycles. The largest absolute Gasteiger partial charge is 0.322 e. The van der Waals surface area contributed by atoms with Gasteiger partial charge in [-0.1, -0.05) is 24.4 Å². The zero-order chi connectivity index (χ0) is 12.1. The van der Waals surface area contributed by atoms with Gasteiger partial charge in [-0.2, -0.15) is 0 Å². The van der Waals surface area contributed by atoms with E-state index in [4.69, 9.17) is 11.6 Å². The van der Waals surface area contributed by atoms with E-state index in [2.05, 4.69) is 15.6 Å². The molecule has 2 N–H and O–H groups in total. The molecule has 17 heavy (non-hydrogen) atoms. The predicted octanol–water partition coefficient (Wildman–Crippen LogP) is 2.21. The molecule has 1 saturated carbocycles. The zero-order valence-electron chi connectivity index (χ0n) is 9.58. The van der Waals surface area contributed by atoms with Gasteiger partial charge in [-0.3, -0.25) is 9.78 Å². The summed E-state index contributed by atoms with van der Waals surface area (Å²) in [6, 6.07) is 2.15. The van der Waals surface area contributed by atoms with Crippen LogP contribution in [0.25, 0.3) is 0 Å². The molecule has 5 heteroatoms. The van der Waals surface area contributed by atoms with Crippen LogP contribution >= 0.6 is 11.6 Å². The number of amides is 1.